The lowest BCUT2D eigenvalue weighted by atomic mass is 10.1. The van der Waals surface area contributed by atoms with Crippen molar-refractivity contribution in [1.82, 2.24) is 4.72 Å². The van der Waals surface area contributed by atoms with E-state index in [9.17, 15) is 8.42 Å². The maximum Gasteiger partial charge on any atom is 0.240 e. The van der Waals surface area contributed by atoms with E-state index in [-0.39, 0.29) is 4.90 Å². The highest BCUT2D eigenvalue weighted by molar-refractivity contribution is 7.89. The van der Waals surface area contributed by atoms with Gasteiger partial charge in [-0.15, -0.1) is 0 Å². The minimum atomic E-state index is -3.47. The summed E-state index contributed by atoms with van der Waals surface area (Å²) in [6, 6.07) is 6.64. The summed E-state index contributed by atoms with van der Waals surface area (Å²) >= 11 is 0. The van der Waals surface area contributed by atoms with Gasteiger partial charge < -0.3 is 0 Å². The molecule has 0 bridgehead atoms. The van der Waals surface area contributed by atoms with E-state index >= 15 is 0 Å². The Labute approximate surface area is 128 Å². The summed E-state index contributed by atoms with van der Waals surface area (Å²) in [4.78, 5) is 0.257. The molecule has 4 nitrogen and oxygen atoms in total. The lowest BCUT2D eigenvalue weighted by Gasteiger charge is -2.09. The van der Waals surface area contributed by atoms with Gasteiger partial charge >= 0.3 is 0 Å². The van der Waals surface area contributed by atoms with Gasteiger partial charge in [0.2, 0.25) is 10.0 Å². The van der Waals surface area contributed by atoms with Gasteiger partial charge in [0.15, 0.2) is 0 Å². The highest BCUT2D eigenvalue weighted by Gasteiger charge is 2.16. The molecule has 1 N–H and O–H groups in total. The maximum absolute atomic E-state index is 12.2. The molecule has 5 heteroatoms. The third-order valence-electron chi connectivity index (χ3n) is 3.42. The summed E-state index contributed by atoms with van der Waals surface area (Å²) in [5.41, 5.74) is 1.08. The summed E-state index contributed by atoms with van der Waals surface area (Å²) in [6.45, 7) is 4.35. The summed E-state index contributed by atoms with van der Waals surface area (Å²) < 4.78 is 27.0. The van der Waals surface area contributed by atoms with Crippen molar-refractivity contribution < 1.29 is 8.42 Å². The fourth-order valence-corrected chi connectivity index (χ4v) is 3.51. The van der Waals surface area contributed by atoms with Crippen LogP contribution in [0.1, 0.15) is 56.6 Å². The van der Waals surface area contributed by atoms with Gasteiger partial charge in [-0.2, -0.15) is 5.26 Å². The Morgan fingerprint density at radius 2 is 1.81 bits per heavy atom. The summed E-state index contributed by atoms with van der Waals surface area (Å²) in [7, 11) is -3.47. The fraction of sp³-hybridized carbons (Fsp3) is 0.562. The summed E-state index contributed by atoms with van der Waals surface area (Å²) in [5.74, 6) is 0. The molecule has 0 spiro atoms. The smallest absolute Gasteiger partial charge is 0.211 e. The molecule has 1 rings (SSSR count). The largest absolute Gasteiger partial charge is 0.240 e. The predicted octanol–water partition coefficient (Wildman–Crippen LogP) is 3.51. The molecule has 0 atom stereocenters. The molecule has 0 saturated carbocycles. The van der Waals surface area contributed by atoms with Gasteiger partial charge in [-0.1, -0.05) is 39.0 Å². The second-order valence-electron chi connectivity index (χ2n) is 5.26. The van der Waals surface area contributed by atoms with E-state index in [0.29, 0.717) is 17.7 Å². The van der Waals surface area contributed by atoms with Crippen molar-refractivity contribution in [2.45, 2.75) is 57.3 Å². The first-order chi connectivity index (χ1) is 10.0. The van der Waals surface area contributed by atoms with E-state index in [1.807, 2.05) is 6.07 Å². The Hall–Kier alpha value is -1.38. The van der Waals surface area contributed by atoms with Crippen LogP contribution in [0.15, 0.2) is 23.1 Å². The minimum Gasteiger partial charge on any atom is -0.211 e. The standard InChI is InChI=1S/C16H24N2O2S/c1-3-4-5-6-7-8-11-18-21(19,20)16-10-9-15(13-17)12-14(16)2/h9-10,12,18H,3-8,11H2,1-2H3. The molecule has 0 aliphatic heterocycles. The van der Waals surface area contributed by atoms with Crippen molar-refractivity contribution in [3.05, 3.63) is 29.3 Å². The quantitative estimate of drug-likeness (QED) is 0.710. The topological polar surface area (TPSA) is 70.0 Å². The molecule has 1 aromatic carbocycles. The van der Waals surface area contributed by atoms with Gasteiger partial charge in [0.05, 0.1) is 16.5 Å². The average molecular weight is 308 g/mol. The van der Waals surface area contributed by atoms with Gasteiger partial charge in [-0.25, -0.2) is 13.1 Å². The molecule has 0 saturated heterocycles. The van der Waals surface area contributed by atoms with Crippen molar-refractivity contribution >= 4 is 10.0 Å². The maximum atomic E-state index is 12.2. The predicted molar refractivity (Wildman–Crippen MR) is 84.5 cm³/mol. The molecule has 21 heavy (non-hydrogen) atoms. The molecular formula is C16H24N2O2S. The molecule has 0 amide bonds. The van der Waals surface area contributed by atoms with Crippen LogP contribution in [0.5, 0.6) is 0 Å². The zero-order valence-corrected chi connectivity index (χ0v) is 13.7. The highest BCUT2D eigenvalue weighted by atomic mass is 32.2. The van der Waals surface area contributed by atoms with Gasteiger partial charge in [0.25, 0.3) is 0 Å². The van der Waals surface area contributed by atoms with E-state index in [0.717, 1.165) is 19.3 Å². The molecule has 0 aliphatic rings. The Kier molecular flexibility index (Phi) is 7.41. The van der Waals surface area contributed by atoms with Crippen LogP contribution in [0, 0.1) is 18.3 Å². The Morgan fingerprint density at radius 3 is 2.43 bits per heavy atom. The number of aryl methyl sites for hydroxylation is 1. The second-order valence-corrected chi connectivity index (χ2v) is 6.99. The fourth-order valence-electron chi connectivity index (χ4n) is 2.21. The number of nitrogens with zero attached hydrogens (tertiary/aromatic N) is 1. The molecule has 0 aliphatic carbocycles. The molecule has 0 radical (unpaired) electrons. The van der Waals surface area contributed by atoms with Crippen LogP contribution < -0.4 is 4.72 Å². The van der Waals surface area contributed by atoms with Crippen LogP contribution in [0.25, 0.3) is 0 Å². The van der Waals surface area contributed by atoms with Crippen LogP contribution >= 0.6 is 0 Å². The van der Waals surface area contributed by atoms with E-state index in [1.165, 1.54) is 31.4 Å². The Balaban J connectivity index is 2.49. The Morgan fingerprint density at radius 1 is 1.14 bits per heavy atom. The van der Waals surface area contributed by atoms with Crippen LogP contribution in [0.2, 0.25) is 0 Å². The van der Waals surface area contributed by atoms with E-state index < -0.39 is 10.0 Å². The summed E-state index contributed by atoms with van der Waals surface area (Å²) in [5, 5.41) is 8.80. The third-order valence-corrected chi connectivity index (χ3v) is 5.04. The van der Waals surface area contributed by atoms with Crippen molar-refractivity contribution in [3.8, 4) is 6.07 Å². The molecule has 116 valence electrons. The number of hydrogen-bond acceptors (Lipinski definition) is 3. The van der Waals surface area contributed by atoms with E-state index in [1.54, 1.807) is 13.0 Å². The molecule has 0 fully saturated rings. The van der Waals surface area contributed by atoms with Crippen LogP contribution in [-0.4, -0.2) is 15.0 Å². The number of benzene rings is 1. The number of nitrogens with one attached hydrogen (secondary N) is 1. The monoisotopic (exact) mass is 308 g/mol. The minimum absolute atomic E-state index is 0.257. The third kappa shape index (κ3) is 5.86. The van der Waals surface area contributed by atoms with Crippen molar-refractivity contribution in [2.24, 2.45) is 0 Å². The van der Waals surface area contributed by atoms with Crippen molar-refractivity contribution in [3.63, 3.8) is 0 Å². The number of unbranched alkanes of at least 4 members (excludes halogenated alkanes) is 5. The van der Waals surface area contributed by atoms with Gasteiger partial charge in [0.1, 0.15) is 0 Å². The molecule has 1 aromatic rings. The lowest BCUT2D eigenvalue weighted by molar-refractivity contribution is 0.567. The first-order valence-corrected chi connectivity index (χ1v) is 9.00. The van der Waals surface area contributed by atoms with Gasteiger partial charge in [0, 0.05) is 6.54 Å². The Bertz CT molecular complexity index is 589. The number of nitriles is 1. The zero-order valence-electron chi connectivity index (χ0n) is 12.9. The van der Waals surface area contributed by atoms with Crippen molar-refractivity contribution in [1.29, 1.82) is 5.26 Å². The van der Waals surface area contributed by atoms with Crippen LogP contribution in [-0.2, 0) is 10.0 Å². The van der Waals surface area contributed by atoms with E-state index in [2.05, 4.69) is 11.6 Å². The van der Waals surface area contributed by atoms with E-state index in [4.69, 9.17) is 5.26 Å². The SMILES string of the molecule is CCCCCCCCNS(=O)(=O)c1ccc(C#N)cc1C. The van der Waals surface area contributed by atoms with Crippen LogP contribution in [0.3, 0.4) is 0 Å². The average Bonchev–Trinajstić information content (AvgIpc) is 2.45. The zero-order chi connectivity index (χ0) is 15.7. The van der Waals surface area contributed by atoms with Crippen LogP contribution in [0.4, 0.5) is 0 Å². The molecule has 0 aromatic heterocycles. The van der Waals surface area contributed by atoms with Gasteiger partial charge in [-0.05, 0) is 37.1 Å². The first-order valence-electron chi connectivity index (χ1n) is 7.51. The second kappa shape index (κ2) is 8.81. The number of rotatable bonds is 9. The van der Waals surface area contributed by atoms with Crippen molar-refractivity contribution in [2.75, 3.05) is 6.54 Å². The highest BCUT2D eigenvalue weighted by Crippen LogP contribution is 2.16. The number of sulfonamides is 1. The normalized spacial score (nSPS) is 11.3. The van der Waals surface area contributed by atoms with Gasteiger partial charge in [-0.3, -0.25) is 0 Å². The lowest BCUT2D eigenvalue weighted by Crippen LogP contribution is -2.25. The molecule has 0 unspecified atom stereocenters. The summed E-state index contributed by atoms with van der Waals surface area (Å²) in [6.07, 6.45) is 6.75. The first kappa shape index (κ1) is 17.7. The molecular weight excluding hydrogens is 284 g/mol. The molecule has 0 heterocycles. The number of hydrogen-bond donors (Lipinski definition) is 1.